The lowest BCUT2D eigenvalue weighted by Crippen LogP contribution is -2.44. The Bertz CT molecular complexity index is 131. The summed E-state index contributed by atoms with van der Waals surface area (Å²) in [6.45, 7) is 11.6. The van der Waals surface area contributed by atoms with E-state index in [0.29, 0.717) is 19.1 Å². The molecule has 0 spiro atoms. The standard InChI is InChI=1S/C10H21BrO2/c1-6-12-10(5,13-7-2)9(11)8(3)4/h8-9H,6-7H2,1-5H3. The molecule has 0 amide bonds. The number of rotatable bonds is 6. The summed E-state index contributed by atoms with van der Waals surface area (Å²) < 4.78 is 11.2. The summed E-state index contributed by atoms with van der Waals surface area (Å²) in [4.78, 5) is 0.222. The van der Waals surface area contributed by atoms with E-state index in [1.165, 1.54) is 0 Å². The van der Waals surface area contributed by atoms with E-state index in [-0.39, 0.29) is 4.83 Å². The Hall–Kier alpha value is 0.400. The molecule has 0 aromatic heterocycles. The van der Waals surface area contributed by atoms with Gasteiger partial charge in [0.05, 0.1) is 4.83 Å². The fourth-order valence-corrected chi connectivity index (χ4v) is 1.64. The predicted molar refractivity (Wildman–Crippen MR) is 59.2 cm³/mol. The number of hydrogen-bond donors (Lipinski definition) is 0. The van der Waals surface area contributed by atoms with E-state index in [2.05, 4.69) is 29.8 Å². The molecule has 0 aromatic carbocycles. The van der Waals surface area contributed by atoms with Crippen LogP contribution in [0.15, 0.2) is 0 Å². The molecule has 13 heavy (non-hydrogen) atoms. The summed E-state index contributed by atoms with van der Waals surface area (Å²) >= 11 is 3.62. The highest BCUT2D eigenvalue weighted by molar-refractivity contribution is 9.09. The highest BCUT2D eigenvalue weighted by atomic mass is 79.9. The SMILES string of the molecule is CCOC(C)(OCC)C(Br)C(C)C. The Morgan fingerprint density at radius 1 is 1.15 bits per heavy atom. The van der Waals surface area contributed by atoms with Gasteiger partial charge in [-0.05, 0) is 26.7 Å². The molecule has 0 fully saturated rings. The van der Waals surface area contributed by atoms with Gasteiger partial charge in [-0.3, -0.25) is 0 Å². The first kappa shape index (κ1) is 13.4. The lowest BCUT2D eigenvalue weighted by molar-refractivity contribution is -0.223. The molecule has 3 heteroatoms. The Kier molecular flexibility index (Phi) is 6.18. The molecule has 0 aliphatic rings. The van der Waals surface area contributed by atoms with E-state index in [1.807, 2.05) is 20.8 Å². The first-order valence-corrected chi connectivity index (χ1v) is 5.81. The quantitative estimate of drug-likeness (QED) is 0.534. The van der Waals surface area contributed by atoms with Crippen LogP contribution in [0.3, 0.4) is 0 Å². The molecule has 0 bridgehead atoms. The lowest BCUT2D eigenvalue weighted by atomic mass is 10.0. The first-order valence-electron chi connectivity index (χ1n) is 4.89. The van der Waals surface area contributed by atoms with Crippen LogP contribution >= 0.6 is 15.9 Å². The van der Waals surface area contributed by atoms with Gasteiger partial charge < -0.3 is 9.47 Å². The van der Waals surface area contributed by atoms with Crippen molar-refractivity contribution in [2.75, 3.05) is 13.2 Å². The van der Waals surface area contributed by atoms with E-state index in [4.69, 9.17) is 9.47 Å². The Labute approximate surface area is 90.1 Å². The minimum absolute atomic E-state index is 0.222. The van der Waals surface area contributed by atoms with Gasteiger partial charge in [0.25, 0.3) is 0 Å². The van der Waals surface area contributed by atoms with Crippen molar-refractivity contribution in [1.82, 2.24) is 0 Å². The molecule has 1 unspecified atom stereocenters. The minimum Gasteiger partial charge on any atom is -0.349 e. The summed E-state index contributed by atoms with van der Waals surface area (Å²) in [5.41, 5.74) is 0. The molecule has 2 nitrogen and oxygen atoms in total. The molecular formula is C10H21BrO2. The van der Waals surface area contributed by atoms with Crippen molar-refractivity contribution >= 4 is 15.9 Å². The average molecular weight is 253 g/mol. The molecule has 0 heterocycles. The second-order valence-electron chi connectivity index (χ2n) is 3.53. The zero-order chi connectivity index (χ0) is 10.5. The Morgan fingerprint density at radius 3 is 1.77 bits per heavy atom. The number of hydrogen-bond acceptors (Lipinski definition) is 2. The van der Waals surface area contributed by atoms with Crippen LogP contribution in [0.5, 0.6) is 0 Å². The van der Waals surface area contributed by atoms with E-state index >= 15 is 0 Å². The molecule has 0 aliphatic heterocycles. The minimum atomic E-state index is -0.502. The summed E-state index contributed by atoms with van der Waals surface area (Å²) in [6, 6.07) is 0. The summed E-state index contributed by atoms with van der Waals surface area (Å²) in [7, 11) is 0. The maximum Gasteiger partial charge on any atom is 0.178 e. The first-order chi connectivity index (χ1) is 5.98. The monoisotopic (exact) mass is 252 g/mol. The van der Waals surface area contributed by atoms with Crippen molar-refractivity contribution < 1.29 is 9.47 Å². The molecule has 0 aromatic rings. The van der Waals surface area contributed by atoms with Gasteiger partial charge in [0.2, 0.25) is 0 Å². The molecule has 0 aliphatic carbocycles. The molecule has 1 atom stereocenters. The van der Waals surface area contributed by atoms with Crippen LogP contribution in [0.4, 0.5) is 0 Å². The van der Waals surface area contributed by atoms with Gasteiger partial charge in [0.1, 0.15) is 0 Å². The van der Waals surface area contributed by atoms with Crippen molar-refractivity contribution in [1.29, 1.82) is 0 Å². The molecule has 80 valence electrons. The van der Waals surface area contributed by atoms with Crippen LogP contribution in [0.2, 0.25) is 0 Å². The van der Waals surface area contributed by atoms with E-state index in [9.17, 15) is 0 Å². The average Bonchev–Trinajstić information content (AvgIpc) is 2.03. The van der Waals surface area contributed by atoms with Crippen LogP contribution in [0, 0.1) is 5.92 Å². The van der Waals surface area contributed by atoms with Crippen LogP contribution < -0.4 is 0 Å². The largest absolute Gasteiger partial charge is 0.349 e. The Balaban J connectivity index is 4.36. The predicted octanol–water partition coefficient (Wildman–Crippen LogP) is 3.20. The number of alkyl halides is 1. The van der Waals surface area contributed by atoms with E-state index in [0.717, 1.165) is 0 Å². The van der Waals surface area contributed by atoms with Crippen LogP contribution in [-0.4, -0.2) is 23.8 Å². The fourth-order valence-electron chi connectivity index (χ4n) is 1.38. The van der Waals surface area contributed by atoms with Crippen molar-refractivity contribution in [3.63, 3.8) is 0 Å². The molecule has 0 rings (SSSR count). The normalized spacial score (nSPS) is 15.0. The van der Waals surface area contributed by atoms with Crippen LogP contribution in [-0.2, 0) is 9.47 Å². The zero-order valence-electron chi connectivity index (χ0n) is 9.26. The van der Waals surface area contributed by atoms with Crippen molar-refractivity contribution in [3.8, 4) is 0 Å². The van der Waals surface area contributed by atoms with Crippen LogP contribution in [0.25, 0.3) is 0 Å². The highest BCUT2D eigenvalue weighted by Gasteiger charge is 2.35. The summed E-state index contributed by atoms with van der Waals surface area (Å²) in [6.07, 6.45) is 0. The second kappa shape index (κ2) is 5.99. The topological polar surface area (TPSA) is 18.5 Å². The van der Waals surface area contributed by atoms with Crippen LogP contribution in [0.1, 0.15) is 34.6 Å². The van der Waals surface area contributed by atoms with Crippen molar-refractivity contribution in [3.05, 3.63) is 0 Å². The van der Waals surface area contributed by atoms with Crippen molar-refractivity contribution in [2.45, 2.75) is 45.2 Å². The maximum atomic E-state index is 5.62. The van der Waals surface area contributed by atoms with Gasteiger partial charge in [-0.2, -0.15) is 0 Å². The molecule has 0 N–H and O–H groups in total. The third-order valence-corrected chi connectivity index (χ3v) is 3.84. The van der Waals surface area contributed by atoms with Gasteiger partial charge in [0, 0.05) is 13.2 Å². The van der Waals surface area contributed by atoms with E-state index in [1.54, 1.807) is 0 Å². The zero-order valence-corrected chi connectivity index (χ0v) is 10.8. The third kappa shape index (κ3) is 3.96. The highest BCUT2D eigenvalue weighted by Crippen LogP contribution is 2.29. The third-order valence-electron chi connectivity index (χ3n) is 1.95. The lowest BCUT2D eigenvalue weighted by Gasteiger charge is -2.35. The fraction of sp³-hybridized carbons (Fsp3) is 1.00. The van der Waals surface area contributed by atoms with Gasteiger partial charge >= 0.3 is 0 Å². The van der Waals surface area contributed by atoms with E-state index < -0.39 is 5.79 Å². The summed E-state index contributed by atoms with van der Waals surface area (Å²) in [5, 5.41) is 0. The van der Waals surface area contributed by atoms with Crippen molar-refractivity contribution in [2.24, 2.45) is 5.92 Å². The number of ether oxygens (including phenoxy) is 2. The molecular weight excluding hydrogens is 232 g/mol. The van der Waals surface area contributed by atoms with Gasteiger partial charge in [-0.15, -0.1) is 0 Å². The smallest absolute Gasteiger partial charge is 0.178 e. The number of halogens is 1. The molecule has 0 radical (unpaired) electrons. The summed E-state index contributed by atoms with van der Waals surface area (Å²) in [5.74, 6) is -0.0133. The molecule has 0 saturated heterocycles. The maximum absolute atomic E-state index is 5.62. The van der Waals surface area contributed by atoms with Gasteiger partial charge in [-0.1, -0.05) is 29.8 Å². The van der Waals surface area contributed by atoms with Gasteiger partial charge in [-0.25, -0.2) is 0 Å². The van der Waals surface area contributed by atoms with Gasteiger partial charge in [0.15, 0.2) is 5.79 Å². The second-order valence-corrected chi connectivity index (χ2v) is 4.51. The Morgan fingerprint density at radius 2 is 1.54 bits per heavy atom. The molecule has 0 saturated carbocycles.